The molecule has 2 aromatic rings. The lowest BCUT2D eigenvalue weighted by Crippen LogP contribution is -2.33. The lowest BCUT2D eigenvalue weighted by molar-refractivity contribution is -0.143. The molecule has 1 fully saturated rings. The number of nitrogens with zero attached hydrogens (tertiary/aromatic N) is 1. The van der Waals surface area contributed by atoms with Gasteiger partial charge in [-0.2, -0.15) is 0 Å². The Morgan fingerprint density at radius 2 is 1.89 bits per heavy atom. The van der Waals surface area contributed by atoms with Gasteiger partial charge in [-0.3, -0.25) is 19.8 Å². The molecule has 1 saturated carbocycles. The first-order valence-corrected chi connectivity index (χ1v) is 11.5. The van der Waals surface area contributed by atoms with Crippen LogP contribution in [0.3, 0.4) is 0 Å². The van der Waals surface area contributed by atoms with Crippen LogP contribution in [0.2, 0.25) is 0 Å². The molecule has 1 amide bonds. The summed E-state index contributed by atoms with van der Waals surface area (Å²) in [6.45, 7) is 2.57. The standard InChI is InChI=1S/C26H29N3O5.ClH/c1-3-34-22-12-17-14-29(23(27)19(17)13-20(22)24(31)28-2)15-21(30)16-7-6-8-18(11-16)26(25(32)33)9-4-5-10-26;/h6-8,11-13,27H,3-5,9-10,14-15H2,1-2H3,(H,28,31)(H,32,33);1H. The molecule has 186 valence electrons. The molecule has 8 nitrogen and oxygen atoms in total. The van der Waals surface area contributed by atoms with Crippen LogP contribution < -0.4 is 10.1 Å². The van der Waals surface area contributed by atoms with Crippen LogP contribution >= 0.6 is 12.4 Å². The number of Topliss-reactive ketones (excluding diaryl/α,β-unsaturated/α-hetero) is 1. The van der Waals surface area contributed by atoms with Gasteiger partial charge >= 0.3 is 5.97 Å². The van der Waals surface area contributed by atoms with E-state index in [9.17, 15) is 19.5 Å². The highest BCUT2D eigenvalue weighted by Crippen LogP contribution is 2.41. The minimum atomic E-state index is -0.932. The van der Waals surface area contributed by atoms with E-state index in [-0.39, 0.29) is 36.5 Å². The Labute approximate surface area is 210 Å². The molecule has 0 atom stereocenters. The van der Waals surface area contributed by atoms with Crippen LogP contribution in [0.25, 0.3) is 0 Å². The molecule has 0 radical (unpaired) electrons. The molecule has 4 rings (SSSR count). The summed E-state index contributed by atoms with van der Waals surface area (Å²) in [6.07, 6.45) is 2.86. The summed E-state index contributed by atoms with van der Waals surface area (Å²) in [6, 6.07) is 10.3. The first-order chi connectivity index (χ1) is 16.3. The van der Waals surface area contributed by atoms with Crippen LogP contribution in [0.15, 0.2) is 36.4 Å². The maximum absolute atomic E-state index is 13.2. The molecule has 35 heavy (non-hydrogen) atoms. The van der Waals surface area contributed by atoms with Crippen LogP contribution in [0.4, 0.5) is 0 Å². The third-order valence-corrected chi connectivity index (χ3v) is 6.85. The van der Waals surface area contributed by atoms with Gasteiger partial charge in [0.25, 0.3) is 5.91 Å². The number of benzene rings is 2. The van der Waals surface area contributed by atoms with E-state index in [1.54, 1.807) is 41.3 Å². The van der Waals surface area contributed by atoms with Crippen molar-refractivity contribution in [2.45, 2.75) is 44.6 Å². The van der Waals surface area contributed by atoms with Crippen molar-refractivity contribution in [1.29, 1.82) is 5.41 Å². The number of ketones is 1. The molecule has 2 aromatic carbocycles. The summed E-state index contributed by atoms with van der Waals surface area (Å²) >= 11 is 0. The zero-order valence-electron chi connectivity index (χ0n) is 19.8. The highest BCUT2D eigenvalue weighted by Gasteiger charge is 2.43. The minimum absolute atomic E-state index is 0. The Balaban J connectivity index is 0.00000342. The second kappa shape index (κ2) is 10.5. The molecule has 0 spiro atoms. The third-order valence-electron chi connectivity index (χ3n) is 6.85. The lowest BCUT2D eigenvalue weighted by Gasteiger charge is -2.25. The number of carboxylic acid groups (broad SMARTS) is 1. The molecular weight excluding hydrogens is 470 g/mol. The fraction of sp³-hybridized carbons (Fsp3) is 0.385. The number of hydrogen-bond acceptors (Lipinski definition) is 5. The highest BCUT2D eigenvalue weighted by atomic mass is 35.5. The average molecular weight is 500 g/mol. The number of carbonyl (C=O) groups excluding carboxylic acids is 2. The molecule has 1 heterocycles. The van der Waals surface area contributed by atoms with Crippen LogP contribution in [0, 0.1) is 5.41 Å². The van der Waals surface area contributed by atoms with Gasteiger partial charge in [-0.25, -0.2) is 0 Å². The Hall–Kier alpha value is -3.39. The third kappa shape index (κ3) is 4.75. The van der Waals surface area contributed by atoms with Gasteiger partial charge in [0, 0.05) is 24.7 Å². The van der Waals surface area contributed by atoms with Crippen molar-refractivity contribution >= 4 is 35.9 Å². The number of nitrogens with one attached hydrogen (secondary N) is 2. The van der Waals surface area contributed by atoms with Crippen LogP contribution in [0.1, 0.15) is 70.0 Å². The number of carbonyl (C=O) groups is 3. The van der Waals surface area contributed by atoms with Gasteiger partial charge < -0.3 is 20.1 Å². The molecule has 9 heteroatoms. The van der Waals surface area contributed by atoms with E-state index in [1.165, 1.54) is 7.05 Å². The zero-order chi connectivity index (χ0) is 24.5. The predicted octanol–water partition coefficient (Wildman–Crippen LogP) is 3.79. The Kier molecular flexibility index (Phi) is 7.85. The maximum atomic E-state index is 13.2. The van der Waals surface area contributed by atoms with Crippen LogP contribution in [-0.4, -0.2) is 53.7 Å². The number of aliphatic carboxylic acids is 1. The molecule has 0 bridgehead atoms. The van der Waals surface area contributed by atoms with E-state index in [0.29, 0.717) is 54.0 Å². The van der Waals surface area contributed by atoms with Gasteiger partial charge in [0.2, 0.25) is 0 Å². The summed E-state index contributed by atoms with van der Waals surface area (Å²) in [5.41, 5.74) is 1.94. The van der Waals surface area contributed by atoms with Crippen molar-refractivity contribution in [1.82, 2.24) is 10.2 Å². The number of hydrogen-bond donors (Lipinski definition) is 3. The Morgan fingerprint density at radius 3 is 2.51 bits per heavy atom. The van der Waals surface area contributed by atoms with E-state index >= 15 is 0 Å². The number of ether oxygens (including phenoxy) is 1. The smallest absolute Gasteiger partial charge is 0.314 e. The molecular formula is C26H30ClN3O5. The zero-order valence-corrected chi connectivity index (χ0v) is 20.7. The molecule has 0 unspecified atom stereocenters. The van der Waals surface area contributed by atoms with Crippen molar-refractivity contribution in [2.75, 3.05) is 20.2 Å². The summed E-state index contributed by atoms with van der Waals surface area (Å²) < 4.78 is 5.63. The van der Waals surface area contributed by atoms with Gasteiger partial charge in [-0.1, -0.05) is 31.0 Å². The molecule has 2 aliphatic rings. The van der Waals surface area contributed by atoms with Crippen LogP contribution in [0.5, 0.6) is 5.75 Å². The number of fused-ring (bicyclic) bond motifs is 1. The van der Waals surface area contributed by atoms with Crippen molar-refractivity contribution in [3.8, 4) is 5.75 Å². The SMILES string of the molecule is CCOc1cc2c(cc1C(=O)NC)C(=N)N(CC(=O)c1cccc(C3(C(=O)O)CCCC3)c1)C2.Cl. The Bertz CT molecular complexity index is 1170. The number of amidine groups is 1. The van der Waals surface area contributed by atoms with Gasteiger partial charge in [0.05, 0.1) is 24.1 Å². The average Bonchev–Trinajstić information content (AvgIpc) is 3.45. The first-order valence-electron chi connectivity index (χ1n) is 11.5. The largest absolute Gasteiger partial charge is 0.493 e. The summed E-state index contributed by atoms with van der Waals surface area (Å²) in [7, 11) is 1.54. The lowest BCUT2D eigenvalue weighted by atomic mass is 9.78. The number of halogens is 1. The van der Waals surface area contributed by atoms with Gasteiger partial charge in [0.15, 0.2) is 5.78 Å². The van der Waals surface area contributed by atoms with Crippen molar-refractivity contribution in [2.24, 2.45) is 0 Å². The van der Waals surface area contributed by atoms with Crippen molar-refractivity contribution in [3.05, 3.63) is 64.2 Å². The van der Waals surface area contributed by atoms with Gasteiger partial charge in [0.1, 0.15) is 11.6 Å². The minimum Gasteiger partial charge on any atom is -0.493 e. The van der Waals surface area contributed by atoms with Crippen molar-refractivity contribution < 1.29 is 24.2 Å². The van der Waals surface area contributed by atoms with E-state index in [4.69, 9.17) is 10.1 Å². The topological polar surface area (TPSA) is 120 Å². The van der Waals surface area contributed by atoms with E-state index < -0.39 is 11.4 Å². The molecule has 0 saturated heterocycles. The molecule has 0 aromatic heterocycles. The second-order valence-corrected chi connectivity index (χ2v) is 8.82. The monoisotopic (exact) mass is 499 g/mol. The summed E-state index contributed by atoms with van der Waals surface area (Å²) in [5.74, 6) is -0.710. The predicted molar refractivity (Wildman–Crippen MR) is 134 cm³/mol. The van der Waals surface area contributed by atoms with Gasteiger partial charge in [-0.05, 0) is 49.1 Å². The fourth-order valence-corrected chi connectivity index (χ4v) is 5.01. The van der Waals surface area contributed by atoms with E-state index in [0.717, 1.165) is 18.4 Å². The number of carboxylic acids is 1. The van der Waals surface area contributed by atoms with Gasteiger partial charge in [-0.15, -0.1) is 12.4 Å². The fourth-order valence-electron chi connectivity index (χ4n) is 5.01. The highest BCUT2D eigenvalue weighted by molar-refractivity contribution is 6.07. The number of rotatable bonds is 8. The van der Waals surface area contributed by atoms with Crippen molar-refractivity contribution in [3.63, 3.8) is 0 Å². The molecule has 1 aliphatic carbocycles. The van der Waals surface area contributed by atoms with Crippen LogP contribution in [-0.2, 0) is 16.8 Å². The first kappa shape index (κ1) is 26.2. The quantitative estimate of drug-likeness (QED) is 0.475. The summed E-state index contributed by atoms with van der Waals surface area (Å²) in [5, 5.41) is 21.1. The number of amides is 1. The molecule has 1 aliphatic heterocycles. The maximum Gasteiger partial charge on any atom is 0.314 e. The summed E-state index contributed by atoms with van der Waals surface area (Å²) in [4.78, 5) is 39.2. The van der Waals surface area contributed by atoms with E-state index in [2.05, 4.69) is 5.32 Å². The molecule has 3 N–H and O–H groups in total. The Morgan fingerprint density at radius 1 is 1.17 bits per heavy atom. The van der Waals surface area contributed by atoms with E-state index in [1.807, 2.05) is 6.92 Å². The normalized spacial score (nSPS) is 15.8. The second-order valence-electron chi connectivity index (χ2n) is 8.82.